The van der Waals surface area contributed by atoms with E-state index in [0.29, 0.717) is 33.4 Å². The van der Waals surface area contributed by atoms with Crippen LogP contribution in [0, 0.1) is 0 Å². The standard InChI is InChI=1S/C19H19Cl2N3O2.ClH/c1-12-11-22-6-7-24(12)19(26)13-2-4-17(5-3-13)23-18(25)14-8-15(20)10-16(21)9-14;/h2-5,8-10,12,22H,6-7,11H2,1H3,(H,23,25);1H/t12-;/m0./s1. The van der Waals surface area contributed by atoms with Crippen molar-refractivity contribution in [3.8, 4) is 0 Å². The number of carbonyl (C=O) groups excluding carboxylic acids is 2. The fourth-order valence-electron chi connectivity index (χ4n) is 2.89. The third-order valence-corrected chi connectivity index (χ3v) is 4.71. The fourth-order valence-corrected chi connectivity index (χ4v) is 3.42. The Morgan fingerprint density at radius 2 is 1.70 bits per heavy atom. The molecule has 0 aliphatic carbocycles. The molecule has 27 heavy (non-hydrogen) atoms. The molecule has 2 aromatic rings. The number of hydrogen-bond acceptors (Lipinski definition) is 3. The Bertz CT molecular complexity index is 807. The number of halogens is 3. The van der Waals surface area contributed by atoms with Crippen molar-refractivity contribution in [3.05, 3.63) is 63.6 Å². The SMILES string of the molecule is C[C@H]1CNCCN1C(=O)c1ccc(NC(=O)c2cc(Cl)cc(Cl)c2)cc1.Cl. The minimum Gasteiger partial charge on any atom is -0.333 e. The van der Waals surface area contributed by atoms with E-state index in [4.69, 9.17) is 23.2 Å². The molecular formula is C19H20Cl3N3O2. The Balaban J connectivity index is 0.00000261. The molecule has 144 valence electrons. The van der Waals surface area contributed by atoms with Crippen LogP contribution in [-0.4, -0.2) is 42.4 Å². The maximum absolute atomic E-state index is 12.6. The molecule has 0 unspecified atom stereocenters. The Morgan fingerprint density at radius 3 is 2.30 bits per heavy atom. The van der Waals surface area contributed by atoms with Crippen LogP contribution < -0.4 is 10.6 Å². The van der Waals surface area contributed by atoms with Crippen molar-refractivity contribution in [2.45, 2.75) is 13.0 Å². The molecule has 0 saturated carbocycles. The van der Waals surface area contributed by atoms with Gasteiger partial charge in [-0.2, -0.15) is 0 Å². The minimum absolute atomic E-state index is 0. The average Bonchev–Trinajstić information content (AvgIpc) is 2.61. The minimum atomic E-state index is -0.316. The maximum atomic E-state index is 12.6. The Labute approximate surface area is 174 Å². The normalized spacial score (nSPS) is 16.4. The van der Waals surface area contributed by atoms with Crippen LogP contribution >= 0.6 is 35.6 Å². The van der Waals surface area contributed by atoms with Crippen LogP contribution in [0.2, 0.25) is 10.0 Å². The molecule has 0 radical (unpaired) electrons. The summed E-state index contributed by atoms with van der Waals surface area (Å²) in [6.45, 7) is 4.30. The van der Waals surface area contributed by atoms with E-state index >= 15 is 0 Å². The van der Waals surface area contributed by atoms with Gasteiger partial charge in [-0.1, -0.05) is 23.2 Å². The van der Waals surface area contributed by atoms with Crippen LogP contribution in [0.4, 0.5) is 5.69 Å². The molecule has 1 aliphatic heterocycles. The van der Waals surface area contributed by atoms with Crippen LogP contribution in [-0.2, 0) is 0 Å². The molecule has 1 aliphatic rings. The van der Waals surface area contributed by atoms with Crippen molar-refractivity contribution in [3.63, 3.8) is 0 Å². The first kappa shape index (κ1) is 21.5. The second-order valence-electron chi connectivity index (χ2n) is 6.24. The molecule has 1 saturated heterocycles. The van der Waals surface area contributed by atoms with Crippen LogP contribution in [0.3, 0.4) is 0 Å². The zero-order chi connectivity index (χ0) is 18.7. The average molecular weight is 429 g/mol. The van der Waals surface area contributed by atoms with Crippen molar-refractivity contribution < 1.29 is 9.59 Å². The summed E-state index contributed by atoms with van der Waals surface area (Å²) >= 11 is 11.9. The molecule has 2 amide bonds. The molecule has 1 atom stereocenters. The summed E-state index contributed by atoms with van der Waals surface area (Å²) in [5.74, 6) is -0.317. The summed E-state index contributed by atoms with van der Waals surface area (Å²) < 4.78 is 0. The van der Waals surface area contributed by atoms with Gasteiger partial charge in [0.15, 0.2) is 0 Å². The number of hydrogen-bond donors (Lipinski definition) is 2. The smallest absolute Gasteiger partial charge is 0.255 e. The third kappa shape index (κ3) is 5.36. The van der Waals surface area contributed by atoms with Crippen molar-refractivity contribution in [2.24, 2.45) is 0 Å². The van der Waals surface area contributed by atoms with Gasteiger partial charge >= 0.3 is 0 Å². The second-order valence-corrected chi connectivity index (χ2v) is 7.11. The number of piperazine rings is 1. The number of nitrogens with one attached hydrogen (secondary N) is 2. The topological polar surface area (TPSA) is 61.4 Å². The van der Waals surface area contributed by atoms with Gasteiger partial charge in [-0.25, -0.2) is 0 Å². The molecule has 3 rings (SSSR count). The predicted octanol–water partition coefficient (Wildman–Crippen LogP) is 4.10. The van der Waals surface area contributed by atoms with Gasteiger partial charge in [-0.3, -0.25) is 9.59 Å². The molecule has 0 spiro atoms. The first-order valence-electron chi connectivity index (χ1n) is 8.33. The number of benzene rings is 2. The van der Waals surface area contributed by atoms with Gasteiger partial charge < -0.3 is 15.5 Å². The van der Waals surface area contributed by atoms with Crippen LogP contribution in [0.5, 0.6) is 0 Å². The highest BCUT2D eigenvalue weighted by molar-refractivity contribution is 6.35. The van der Waals surface area contributed by atoms with E-state index in [9.17, 15) is 9.59 Å². The Hall–Kier alpha value is -1.79. The number of amides is 2. The molecule has 2 N–H and O–H groups in total. The van der Waals surface area contributed by atoms with Crippen molar-refractivity contribution >= 4 is 53.1 Å². The molecule has 0 aromatic heterocycles. The molecule has 2 aromatic carbocycles. The highest BCUT2D eigenvalue weighted by Crippen LogP contribution is 2.20. The largest absolute Gasteiger partial charge is 0.333 e. The fraction of sp³-hybridized carbons (Fsp3) is 0.263. The number of rotatable bonds is 3. The number of anilines is 1. The summed E-state index contributed by atoms with van der Waals surface area (Å²) in [6.07, 6.45) is 0. The van der Waals surface area contributed by atoms with E-state index in [1.54, 1.807) is 42.5 Å². The zero-order valence-electron chi connectivity index (χ0n) is 14.7. The highest BCUT2D eigenvalue weighted by atomic mass is 35.5. The lowest BCUT2D eigenvalue weighted by atomic mass is 10.1. The lowest BCUT2D eigenvalue weighted by molar-refractivity contribution is 0.0655. The van der Waals surface area contributed by atoms with E-state index in [-0.39, 0.29) is 30.3 Å². The van der Waals surface area contributed by atoms with E-state index in [1.165, 1.54) is 0 Å². The van der Waals surface area contributed by atoms with Gasteiger partial charge in [0.25, 0.3) is 11.8 Å². The zero-order valence-corrected chi connectivity index (χ0v) is 17.0. The lowest BCUT2D eigenvalue weighted by Crippen LogP contribution is -2.52. The van der Waals surface area contributed by atoms with Crippen LogP contribution in [0.1, 0.15) is 27.6 Å². The van der Waals surface area contributed by atoms with Gasteiger partial charge in [0.1, 0.15) is 0 Å². The number of carbonyl (C=O) groups is 2. The maximum Gasteiger partial charge on any atom is 0.255 e. The first-order valence-corrected chi connectivity index (χ1v) is 9.09. The van der Waals surface area contributed by atoms with E-state index < -0.39 is 0 Å². The summed E-state index contributed by atoms with van der Waals surface area (Å²) in [5, 5.41) is 6.83. The molecule has 1 fully saturated rings. The molecular weight excluding hydrogens is 409 g/mol. The highest BCUT2D eigenvalue weighted by Gasteiger charge is 2.23. The van der Waals surface area contributed by atoms with E-state index in [2.05, 4.69) is 10.6 Å². The summed E-state index contributed by atoms with van der Waals surface area (Å²) in [7, 11) is 0. The van der Waals surface area contributed by atoms with Gasteiger partial charge in [0.05, 0.1) is 0 Å². The molecule has 8 heteroatoms. The van der Waals surface area contributed by atoms with Gasteiger partial charge in [-0.15, -0.1) is 12.4 Å². The Morgan fingerprint density at radius 1 is 1.07 bits per heavy atom. The third-order valence-electron chi connectivity index (χ3n) is 4.28. The van der Waals surface area contributed by atoms with Crippen LogP contribution in [0.15, 0.2) is 42.5 Å². The van der Waals surface area contributed by atoms with Gasteiger partial charge in [-0.05, 0) is 49.4 Å². The van der Waals surface area contributed by atoms with E-state index in [1.807, 2.05) is 11.8 Å². The molecule has 1 heterocycles. The number of nitrogens with zero attached hydrogens (tertiary/aromatic N) is 1. The molecule has 5 nitrogen and oxygen atoms in total. The molecule has 0 bridgehead atoms. The Kier molecular flexibility index (Phi) is 7.50. The van der Waals surface area contributed by atoms with Crippen molar-refractivity contribution in [1.29, 1.82) is 0 Å². The van der Waals surface area contributed by atoms with E-state index in [0.717, 1.165) is 13.1 Å². The second kappa shape index (κ2) is 9.42. The summed E-state index contributed by atoms with van der Waals surface area (Å²) in [5.41, 5.74) is 1.57. The monoisotopic (exact) mass is 427 g/mol. The lowest BCUT2D eigenvalue weighted by Gasteiger charge is -2.34. The van der Waals surface area contributed by atoms with Crippen molar-refractivity contribution in [2.75, 3.05) is 25.0 Å². The quantitative estimate of drug-likeness (QED) is 0.773. The van der Waals surface area contributed by atoms with Crippen molar-refractivity contribution in [1.82, 2.24) is 10.2 Å². The van der Waals surface area contributed by atoms with Gasteiger partial charge in [0.2, 0.25) is 0 Å². The van der Waals surface area contributed by atoms with Gasteiger partial charge in [0, 0.05) is 52.5 Å². The summed E-state index contributed by atoms with van der Waals surface area (Å²) in [4.78, 5) is 26.8. The predicted molar refractivity (Wildman–Crippen MR) is 111 cm³/mol. The first-order chi connectivity index (χ1) is 12.4. The summed E-state index contributed by atoms with van der Waals surface area (Å²) in [6, 6.07) is 11.7. The van der Waals surface area contributed by atoms with Crippen LogP contribution in [0.25, 0.3) is 0 Å².